The summed E-state index contributed by atoms with van der Waals surface area (Å²) in [6.07, 6.45) is -1.30. The van der Waals surface area contributed by atoms with Crippen LogP contribution in [0.4, 0.5) is 8.78 Å². The Balaban J connectivity index is 2.26. The number of alkyl halides is 2. The van der Waals surface area contributed by atoms with Gasteiger partial charge in [-0.2, -0.15) is 0 Å². The maximum atomic E-state index is 11.8. The third kappa shape index (κ3) is 3.03. The summed E-state index contributed by atoms with van der Waals surface area (Å²) in [5.41, 5.74) is 0. The molecular formula is C8H14F2O2. The van der Waals surface area contributed by atoms with Gasteiger partial charge in [-0.25, -0.2) is 8.78 Å². The molecule has 1 heterocycles. The van der Waals surface area contributed by atoms with E-state index in [0.717, 1.165) is 6.42 Å². The van der Waals surface area contributed by atoms with Crippen LogP contribution in [0.2, 0.25) is 0 Å². The summed E-state index contributed by atoms with van der Waals surface area (Å²) < 4.78 is 34.2. The van der Waals surface area contributed by atoms with E-state index in [1.165, 1.54) is 0 Å². The van der Waals surface area contributed by atoms with Gasteiger partial charge in [0, 0.05) is 12.8 Å². The second kappa shape index (κ2) is 4.14. The molecule has 0 aromatic carbocycles. The molecule has 0 aliphatic carbocycles. The van der Waals surface area contributed by atoms with Crippen LogP contribution in [-0.2, 0) is 9.47 Å². The molecule has 1 aliphatic heterocycles. The molecule has 0 saturated carbocycles. The lowest BCUT2D eigenvalue weighted by Gasteiger charge is -2.33. The van der Waals surface area contributed by atoms with Crippen molar-refractivity contribution in [2.24, 2.45) is 0 Å². The van der Waals surface area contributed by atoms with Crippen LogP contribution in [0.3, 0.4) is 0 Å². The fraction of sp³-hybridized carbons (Fsp3) is 1.00. The number of hydrogen-bond donors (Lipinski definition) is 0. The zero-order chi connectivity index (χ0) is 9.03. The van der Waals surface area contributed by atoms with Gasteiger partial charge in [-0.1, -0.05) is 0 Å². The van der Waals surface area contributed by atoms with Crippen molar-refractivity contribution < 1.29 is 18.3 Å². The Morgan fingerprint density at radius 1 is 1.33 bits per heavy atom. The van der Waals surface area contributed by atoms with E-state index in [1.807, 2.05) is 0 Å². The van der Waals surface area contributed by atoms with Crippen LogP contribution in [0.5, 0.6) is 0 Å². The van der Waals surface area contributed by atoms with Gasteiger partial charge >= 0.3 is 0 Å². The molecule has 0 atom stereocenters. The lowest BCUT2D eigenvalue weighted by Crippen LogP contribution is -2.37. The van der Waals surface area contributed by atoms with Crippen molar-refractivity contribution in [3.05, 3.63) is 0 Å². The van der Waals surface area contributed by atoms with Crippen LogP contribution in [0.1, 0.15) is 26.2 Å². The van der Waals surface area contributed by atoms with Crippen LogP contribution in [0.25, 0.3) is 0 Å². The van der Waals surface area contributed by atoms with E-state index >= 15 is 0 Å². The first-order chi connectivity index (χ1) is 5.62. The smallest absolute Gasteiger partial charge is 0.238 e. The summed E-state index contributed by atoms with van der Waals surface area (Å²) in [6, 6.07) is 0. The number of rotatable bonds is 3. The SMILES string of the molecule is CC1(CCC(F)F)OCCCO1. The Hall–Kier alpha value is -0.220. The minimum atomic E-state index is -2.27. The average molecular weight is 180 g/mol. The maximum Gasteiger partial charge on any atom is 0.238 e. The predicted molar refractivity (Wildman–Crippen MR) is 40.2 cm³/mol. The van der Waals surface area contributed by atoms with Gasteiger partial charge in [0.25, 0.3) is 0 Å². The van der Waals surface area contributed by atoms with E-state index in [9.17, 15) is 8.78 Å². The first kappa shape index (κ1) is 9.86. The quantitative estimate of drug-likeness (QED) is 0.662. The van der Waals surface area contributed by atoms with Gasteiger partial charge in [0.05, 0.1) is 13.2 Å². The standard InChI is InChI=1S/C8H14F2O2/c1-8(4-3-7(9)10)11-5-2-6-12-8/h7H,2-6H2,1H3. The summed E-state index contributed by atoms with van der Waals surface area (Å²) in [7, 11) is 0. The van der Waals surface area contributed by atoms with Gasteiger partial charge in [0.1, 0.15) is 0 Å². The minimum Gasteiger partial charge on any atom is -0.350 e. The molecule has 1 fully saturated rings. The molecule has 0 bridgehead atoms. The molecule has 4 heteroatoms. The zero-order valence-electron chi connectivity index (χ0n) is 7.19. The Kier molecular flexibility index (Phi) is 3.40. The molecule has 0 aromatic rings. The summed E-state index contributed by atoms with van der Waals surface area (Å²) in [4.78, 5) is 0. The fourth-order valence-electron chi connectivity index (χ4n) is 1.19. The molecule has 0 aromatic heterocycles. The molecule has 1 rings (SSSR count). The van der Waals surface area contributed by atoms with Crippen LogP contribution >= 0.6 is 0 Å². The zero-order valence-corrected chi connectivity index (χ0v) is 7.19. The van der Waals surface area contributed by atoms with Crippen molar-refractivity contribution >= 4 is 0 Å². The second-order valence-corrected chi connectivity index (χ2v) is 3.11. The van der Waals surface area contributed by atoms with Crippen molar-refractivity contribution in [1.82, 2.24) is 0 Å². The summed E-state index contributed by atoms with van der Waals surface area (Å²) in [5.74, 6) is -0.769. The van der Waals surface area contributed by atoms with Crippen molar-refractivity contribution in [3.8, 4) is 0 Å². The maximum absolute atomic E-state index is 11.8. The molecule has 0 amide bonds. The molecule has 1 saturated heterocycles. The third-order valence-corrected chi connectivity index (χ3v) is 1.92. The molecule has 0 radical (unpaired) electrons. The Labute approximate surface area is 70.8 Å². The molecule has 0 N–H and O–H groups in total. The molecule has 0 spiro atoms. The molecule has 0 unspecified atom stereocenters. The molecule has 72 valence electrons. The van der Waals surface area contributed by atoms with Gasteiger partial charge in [0.2, 0.25) is 6.43 Å². The van der Waals surface area contributed by atoms with Crippen molar-refractivity contribution in [3.63, 3.8) is 0 Å². The summed E-state index contributed by atoms with van der Waals surface area (Å²) in [6.45, 7) is 2.94. The van der Waals surface area contributed by atoms with Crippen LogP contribution in [-0.4, -0.2) is 25.4 Å². The Bertz CT molecular complexity index is 133. The van der Waals surface area contributed by atoms with Crippen LogP contribution < -0.4 is 0 Å². The highest BCUT2D eigenvalue weighted by atomic mass is 19.3. The highest BCUT2D eigenvalue weighted by Crippen LogP contribution is 2.24. The van der Waals surface area contributed by atoms with Gasteiger partial charge in [-0.15, -0.1) is 0 Å². The van der Waals surface area contributed by atoms with Gasteiger partial charge in [-0.05, 0) is 13.3 Å². The molecule has 2 nitrogen and oxygen atoms in total. The number of ether oxygens (including phenoxy) is 2. The summed E-state index contributed by atoms with van der Waals surface area (Å²) >= 11 is 0. The highest BCUT2D eigenvalue weighted by Gasteiger charge is 2.29. The van der Waals surface area contributed by atoms with Crippen molar-refractivity contribution in [2.75, 3.05) is 13.2 Å². The van der Waals surface area contributed by atoms with E-state index in [2.05, 4.69) is 0 Å². The van der Waals surface area contributed by atoms with E-state index in [4.69, 9.17) is 9.47 Å². The third-order valence-electron chi connectivity index (χ3n) is 1.92. The topological polar surface area (TPSA) is 18.5 Å². The first-order valence-corrected chi connectivity index (χ1v) is 4.18. The lowest BCUT2D eigenvalue weighted by atomic mass is 10.1. The van der Waals surface area contributed by atoms with E-state index in [0.29, 0.717) is 13.2 Å². The minimum absolute atomic E-state index is 0.156. The van der Waals surface area contributed by atoms with Crippen LogP contribution in [0.15, 0.2) is 0 Å². The molecular weight excluding hydrogens is 166 g/mol. The van der Waals surface area contributed by atoms with Gasteiger partial charge in [0.15, 0.2) is 5.79 Å². The summed E-state index contributed by atoms with van der Waals surface area (Å²) in [5, 5.41) is 0. The Morgan fingerprint density at radius 3 is 2.42 bits per heavy atom. The van der Waals surface area contributed by atoms with Crippen molar-refractivity contribution in [2.45, 2.75) is 38.4 Å². The van der Waals surface area contributed by atoms with E-state index in [-0.39, 0.29) is 12.8 Å². The van der Waals surface area contributed by atoms with Gasteiger partial charge in [-0.3, -0.25) is 0 Å². The number of halogens is 2. The second-order valence-electron chi connectivity index (χ2n) is 3.11. The average Bonchev–Trinajstić information content (AvgIpc) is 2.03. The number of hydrogen-bond acceptors (Lipinski definition) is 2. The monoisotopic (exact) mass is 180 g/mol. The highest BCUT2D eigenvalue weighted by molar-refractivity contribution is 4.67. The predicted octanol–water partition coefficient (Wildman–Crippen LogP) is 2.18. The van der Waals surface area contributed by atoms with Gasteiger partial charge < -0.3 is 9.47 Å². The van der Waals surface area contributed by atoms with E-state index < -0.39 is 12.2 Å². The van der Waals surface area contributed by atoms with Crippen molar-refractivity contribution in [1.29, 1.82) is 0 Å². The molecule has 1 aliphatic rings. The molecule has 12 heavy (non-hydrogen) atoms. The van der Waals surface area contributed by atoms with E-state index in [1.54, 1.807) is 6.92 Å². The Morgan fingerprint density at radius 2 is 1.92 bits per heavy atom. The first-order valence-electron chi connectivity index (χ1n) is 4.18. The van der Waals surface area contributed by atoms with Crippen LogP contribution in [0, 0.1) is 0 Å². The lowest BCUT2D eigenvalue weighted by molar-refractivity contribution is -0.261. The largest absolute Gasteiger partial charge is 0.350 e. The fourth-order valence-corrected chi connectivity index (χ4v) is 1.19. The normalized spacial score (nSPS) is 23.0.